The van der Waals surface area contributed by atoms with Gasteiger partial charge in [-0.3, -0.25) is 4.79 Å². The highest BCUT2D eigenvalue weighted by molar-refractivity contribution is 9.10. The average molecular weight is 317 g/mol. The standard InChI is InChI=1S/C13H18BrFN2O/c1-3-13(4-2,8-16)17-12(18)9-5-6-10(14)11(15)7-9/h5-7H,3-4,8,16H2,1-2H3,(H,17,18). The normalized spacial score (nSPS) is 11.4. The molecule has 0 radical (unpaired) electrons. The van der Waals surface area contributed by atoms with Crippen molar-refractivity contribution in [2.45, 2.75) is 32.2 Å². The lowest BCUT2D eigenvalue weighted by Gasteiger charge is -2.31. The fraction of sp³-hybridized carbons (Fsp3) is 0.462. The maximum absolute atomic E-state index is 13.4. The van der Waals surface area contributed by atoms with Crippen molar-refractivity contribution in [1.29, 1.82) is 0 Å². The Bertz CT molecular complexity index is 425. The van der Waals surface area contributed by atoms with E-state index in [1.807, 2.05) is 13.8 Å². The maximum atomic E-state index is 13.4. The van der Waals surface area contributed by atoms with Crippen LogP contribution in [0.2, 0.25) is 0 Å². The molecule has 3 nitrogen and oxygen atoms in total. The molecule has 0 atom stereocenters. The van der Waals surface area contributed by atoms with E-state index in [0.717, 1.165) is 12.8 Å². The van der Waals surface area contributed by atoms with Crippen molar-refractivity contribution >= 4 is 21.8 Å². The molecule has 0 saturated carbocycles. The molecule has 0 unspecified atom stereocenters. The lowest BCUT2D eigenvalue weighted by atomic mass is 9.92. The van der Waals surface area contributed by atoms with E-state index >= 15 is 0 Å². The molecule has 1 aromatic carbocycles. The van der Waals surface area contributed by atoms with Crippen LogP contribution in [0.25, 0.3) is 0 Å². The third-order valence-electron chi connectivity index (χ3n) is 3.30. The van der Waals surface area contributed by atoms with Crippen molar-refractivity contribution in [3.05, 3.63) is 34.1 Å². The van der Waals surface area contributed by atoms with Gasteiger partial charge >= 0.3 is 0 Å². The summed E-state index contributed by atoms with van der Waals surface area (Å²) in [7, 11) is 0. The number of rotatable bonds is 5. The molecule has 3 N–H and O–H groups in total. The summed E-state index contributed by atoms with van der Waals surface area (Å²) in [5, 5.41) is 2.90. The highest BCUT2D eigenvalue weighted by Crippen LogP contribution is 2.18. The second-order valence-corrected chi connectivity index (χ2v) is 5.13. The van der Waals surface area contributed by atoms with Gasteiger partial charge < -0.3 is 11.1 Å². The second kappa shape index (κ2) is 6.29. The summed E-state index contributed by atoms with van der Waals surface area (Å²) in [5.74, 6) is -0.746. The Morgan fingerprint density at radius 3 is 2.50 bits per heavy atom. The van der Waals surface area contributed by atoms with Gasteiger partial charge in [0.1, 0.15) is 5.82 Å². The van der Waals surface area contributed by atoms with Gasteiger partial charge in [-0.15, -0.1) is 0 Å². The van der Waals surface area contributed by atoms with Gasteiger partial charge in [0.2, 0.25) is 0 Å². The van der Waals surface area contributed by atoms with Gasteiger partial charge in [-0.05, 0) is 47.0 Å². The van der Waals surface area contributed by atoms with E-state index in [1.54, 1.807) is 6.07 Å². The molecular formula is C13H18BrFN2O. The summed E-state index contributed by atoms with van der Waals surface area (Å²) in [5.41, 5.74) is 5.60. The van der Waals surface area contributed by atoms with Crippen molar-refractivity contribution in [2.24, 2.45) is 5.73 Å². The van der Waals surface area contributed by atoms with Crippen molar-refractivity contribution < 1.29 is 9.18 Å². The molecule has 0 aromatic heterocycles. The highest BCUT2D eigenvalue weighted by atomic mass is 79.9. The second-order valence-electron chi connectivity index (χ2n) is 4.27. The molecule has 18 heavy (non-hydrogen) atoms. The zero-order chi connectivity index (χ0) is 13.8. The number of benzene rings is 1. The first kappa shape index (κ1) is 15.1. The summed E-state index contributed by atoms with van der Waals surface area (Å²) < 4.78 is 13.7. The van der Waals surface area contributed by atoms with Gasteiger partial charge in [0.15, 0.2) is 0 Å². The quantitative estimate of drug-likeness (QED) is 0.877. The van der Waals surface area contributed by atoms with Gasteiger partial charge in [-0.2, -0.15) is 0 Å². The summed E-state index contributed by atoms with van der Waals surface area (Å²) in [6.45, 7) is 4.31. The Labute approximate surface area is 115 Å². The lowest BCUT2D eigenvalue weighted by Crippen LogP contribution is -2.52. The van der Waals surface area contributed by atoms with Gasteiger partial charge in [0, 0.05) is 12.1 Å². The number of carbonyl (C=O) groups excluding carboxylic acids is 1. The molecule has 0 spiro atoms. The first-order valence-corrected chi connectivity index (χ1v) is 6.75. The topological polar surface area (TPSA) is 55.1 Å². The first-order valence-electron chi connectivity index (χ1n) is 5.95. The van der Waals surface area contributed by atoms with E-state index in [-0.39, 0.29) is 5.91 Å². The fourth-order valence-corrected chi connectivity index (χ4v) is 1.96. The van der Waals surface area contributed by atoms with Gasteiger partial charge in [0.05, 0.1) is 10.0 Å². The largest absolute Gasteiger partial charge is 0.345 e. The van der Waals surface area contributed by atoms with E-state index in [0.29, 0.717) is 16.6 Å². The Hall–Kier alpha value is -0.940. The number of halogens is 2. The van der Waals surface area contributed by atoms with E-state index in [9.17, 15) is 9.18 Å². The molecule has 0 aliphatic rings. The molecule has 0 aliphatic heterocycles. The van der Waals surface area contributed by atoms with Gasteiger partial charge in [0.25, 0.3) is 5.91 Å². The fourth-order valence-electron chi connectivity index (χ4n) is 1.72. The predicted molar refractivity (Wildman–Crippen MR) is 73.9 cm³/mol. The van der Waals surface area contributed by atoms with Crippen molar-refractivity contribution in [3.63, 3.8) is 0 Å². The van der Waals surface area contributed by atoms with Crippen LogP contribution in [0, 0.1) is 5.82 Å². The third-order valence-corrected chi connectivity index (χ3v) is 3.95. The smallest absolute Gasteiger partial charge is 0.251 e. The number of hydrogen-bond acceptors (Lipinski definition) is 2. The number of hydrogen-bond donors (Lipinski definition) is 2. The number of amides is 1. The Morgan fingerprint density at radius 2 is 2.06 bits per heavy atom. The zero-order valence-electron chi connectivity index (χ0n) is 10.6. The Morgan fingerprint density at radius 1 is 1.44 bits per heavy atom. The summed E-state index contributed by atoms with van der Waals surface area (Å²) in [4.78, 5) is 12.1. The van der Waals surface area contributed by atoms with Crippen LogP contribution in [0.5, 0.6) is 0 Å². The van der Waals surface area contributed by atoms with Crippen LogP contribution in [0.3, 0.4) is 0 Å². The van der Waals surface area contributed by atoms with Gasteiger partial charge in [-0.1, -0.05) is 13.8 Å². The highest BCUT2D eigenvalue weighted by Gasteiger charge is 2.26. The summed E-state index contributed by atoms with van der Waals surface area (Å²) in [6, 6.07) is 4.31. The average Bonchev–Trinajstić information content (AvgIpc) is 2.39. The van der Waals surface area contributed by atoms with E-state index in [1.165, 1.54) is 12.1 Å². The molecule has 0 heterocycles. The molecular weight excluding hydrogens is 299 g/mol. The lowest BCUT2D eigenvalue weighted by molar-refractivity contribution is 0.0895. The van der Waals surface area contributed by atoms with Crippen LogP contribution in [-0.2, 0) is 0 Å². The molecule has 1 amide bonds. The molecule has 0 fully saturated rings. The Balaban J connectivity index is 2.90. The van der Waals surface area contributed by atoms with E-state index in [2.05, 4.69) is 21.2 Å². The van der Waals surface area contributed by atoms with Gasteiger partial charge in [-0.25, -0.2) is 4.39 Å². The third kappa shape index (κ3) is 3.29. The van der Waals surface area contributed by atoms with Crippen LogP contribution in [0.1, 0.15) is 37.0 Å². The zero-order valence-corrected chi connectivity index (χ0v) is 12.2. The van der Waals surface area contributed by atoms with E-state index in [4.69, 9.17) is 5.73 Å². The van der Waals surface area contributed by atoms with Crippen LogP contribution in [-0.4, -0.2) is 18.0 Å². The predicted octanol–water partition coefficient (Wildman–Crippen LogP) is 2.84. The van der Waals surface area contributed by atoms with Crippen molar-refractivity contribution in [2.75, 3.05) is 6.54 Å². The molecule has 0 aliphatic carbocycles. The number of nitrogens with one attached hydrogen (secondary N) is 1. The van der Waals surface area contributed by atoms with Crippen molar-refractivity contribution in [3.8, 4) is 0 Å². The summed E-state index contributed by atoms with van der Waals surface area (Å²) >= 11 is 3.05. The molecule has 0 saturated heterocycles. The Kier molecular flexibility index (Phi) is 5.28. The minimum atomic E-state index is -0.450. The van der Waals surface area contributed by atoms with Crippen LogP contribution in [0.4, 0.5) is 4.39 Å². The summed E-state index contributed by atoms with van der Waals surface area (Å²) in [6.07, 6.45) is 1.48. The van der Waals surface area contributed by atoms with Crippen LogP contribution >= 0.6 is 15.9 Å². The number of carbonyl (C=O) groups is 1. The SMILES string of the molecule is CCC(CC)(CN)NC(=O)c1ccc(Br)c(F)c1. The first-order chi connectivity index (χ1) is 8.48. The molecule has 5 heteroatoms. The maximum Gasteiger partial charge on any atom is 0.251 e. The molecule has 0 bridgehead atoms. The molecule has 1 aromatic rings. The van der Waals surface area contributed by atoms with E-state index < -0.39 is 11.4 Å². The molecule has 1 rings (SSSR count). The molecule has 100 valence electrons. The minimum absolute atomic E-state index is 0.296. The number of nitrogens with two attached hydrogens (primary N) is 1. The minimum Gasteiger partial charge on any atom is -0.345 e. The van der Waals surface area contributed by atoms with Crippen molar-refractivity contribution in [1.82, 2.24) is 5.32 Å². The monoisotopic (exact) mass is 316 g/mol. The van der Waals surface area contributed by atoms with Crippen LogP contribution < -0.4 is 11.1 Å². The van der Waals surface area contributed by atoms with Crippen LogP contribution in [0.15, 0.2) is 22.7 Å².